The van der Waals surface area contributed by atoms with Crippen LogP contribution in [0.2, 0.25) is 0 Å². The number of hydrogen-bond acceptors (Lipinski definition) is 4. The molecule has 0 amide bonds. The molecule has 2 aromatic heterocycles. The summed E-state index contributed by atoms with van der Waals surface area (Å²) in [5.74, 6) is 0.765. The van der Waals surface area contributed by atoms with Gasteiger partial charge in [0.25, 0.3) is 0 Å². The number of anilines is 5. The molecular formula is C58H50N2O2. The van der Waals surface area contributed by atoms with Crippen molar-refractivity contribution in [3.63, 3.8) is 0 Å². The lowest BCUT2D eigenvalue weighted by Gasteiger charge is -2.37. The maximum Gasteiger partial charge on any atom is 0.136 e. The molecule has 4 heteroatoms. The number of benzene rings is 8. The molecule has 0 fully saturated rings. The van der Waals surface area contributed by atoms with Gasteiger partial charge < -0.3 is 18.6 Å². The van der Waals surface area contributed by atoms with Crippen molar-refractivity contribution in [1.82, 2.24) is 0 Å². The Morgan fingerprint density at radius 2 is 1.06 bits per heavy atom. The Bertz CT molecular complexity index is 3400. The second kappa shape index (κ2) is 14.8. The van der Waals surface area contributed by atoms with Crippen LogP contribution in [-0.4, -0.2) is 6.04 Å². The van der Waals surface area contributed by atoms with Crippen molar-refractivity contribution in [2.24, 2.45) is 0 Å². The van der Waals surface area contributed by atoms with E-state index in [0.717, 1.165) is 61.4 Å². The fourth-order valence-electron chi connectivity index (χ4n) is 10.0. The van der Waals surface area contributed by atoms with E-state index >= 15 is 0 Å². The third kappa shape index (κ3) is 6.19. The molecule has 1 atom stereocenters. The molecule has 0 bridgehead atoms. The van der Waals surface area contributed by atoms with Crippen molar-refractivity contribution in [1.29, 1.82) is 0 Å². The van der Waals surface area contributed by atoms with Gasteiger partial charge in [0.1, 0.15) is 22.3 Å². The molecule has 2 heterocycles. The number of furan rings is 2. The minimum Gasteiger partial charge on any atom is -0.456 e. The van der Waals surface area contributed by atoms with Crippen molar-refractivity contribution in [3.05, 3.63) is 191 Å². The molecule has 0 saturated heterocycles. The Labute approximate surface area is 363 Å². The molecular weight excluding hydrogens is 757 g/mol. The molecule has 62 heavy (non-hydrogen) atoms. The van der Waals surface area contributed by atoms with Crippen LogP contribution in [0.3, 0.4) is 0 Å². The fourth-order valence-corrected chi connectivity index (χ4v) is 10.0. The smallest absolute Gasteiger partial charge is 0.136 e. The highest BCUT2D eigenvalue weighted by Crippen LogP contribution is 2.46. The van der Waals surface area contributed by atoms with Crippen LogP contribution in [0, 0.1) is 13.8 Å². The topological polar surface area (TPSA) is 32.8 Å². The van der Waals surface area contributed by atoms with Crippen LogP contribution in [0.25, 0.3) is 60.7 Å². The number of nitrogens with zero attached hydrogens (tertiary/aromatic N) is 2. The van der Waals surface area contributed by atoms with E-state index in [1.807, 2.05) is 0 Å². The Morgan fingerprint density at radius 1 is 0.500 bits per heavy atom. The maximum absolute atomic E-state index is 6.74. The molecule has 0 saturated carbocycles. The first-order valence-electron chi connectivity index (χ1n) is 22.1. The molecule has 1 aliphatic carbocycles. The van der Waals surface area contributed by atoms with Gasteiger partial charge in [0, 0.05) is 50.0 Å². The van der Waals surface area contributed by atoms with Crippen molar-refractivity contribution >= 4 is 89.2 Å². The summed E-state index contributed by atoms with van der Waals surface area (Å²) in [5, 5.41) is 6.72. The van der Waals surface area contributed by atoms with E-state index in [2.05, 4.69) is 215 Å². The highest BCUT2D eigenvalue weighted by molar-refractivity contribution is 6.27. The average molecular weight is 807 g/mol. The zero-order valence-electron chi connectivity index (χ0n) is 36.2. The van der Waals surface area contributed by atoms with Gasteiger partial charge in [-0.3, -0.25) is 0 Å². The van der Waals surface area contributed by atoms with Crippen LogP contribution in [0.1, 0.15) is 72.9 Å². The summed E-state index contributed by atoms with van der Waals surface area (Å²) in [6.07, 6.45) is 5.58. The van der Waals surface area contributed by atoms with Crippen LogP contribution >= 0.6 is 0 Å². The lowest BCUT2D eigenvalue weighted by Crippen LogP contribution is -2.34. The number of rotatable bonds is 8. The lowest BCUT2D eigenvalue weighted by atomic mass is 9.89. The van der Waals surface area contributed by atoms with Crippen molar-refractivity contribution < 1.29 is 8.83 Å². The Balaban J connectivity index is 1.02. The van der Waals surface area contributed by atoms with Gasteiger partial charge in [-0.1, -0.05) is 119 Å². The van der Waals surface area contributed by atoms with E-state index in [9.17, 15) is 0 Å². The molecule has 0 spiro atoms. The van der Waals surface area contributed by atoms with Gasteiger partial charge in [0.05, 0.1) is 6.04 Å². The van der Waals surface area contributed by atoms with Crippen LogP contribution < -0.4 is 9.80 Å². The van der Waals surface area contributed by atoms with Crippen molar-refractivity contribution in [3.8, 4) is 0 Å². The van der Waals surface area contributed by atoms with E-state index in [-0.39, 0.29) is 6.04 Å². The molecule has 10 aromatic rings. The van der Waals surface area contributed by atoms with Gasteiger partial charge in [0.2, 0.25) is 0 Å². The zero-order chi connectivity index (χ0) is 42.2. The molecule has 0 radical (unpaired) electrons. The molecule has 8 aromatic carbocycles. The minimum atomic E-state index is 0.136. The Morgan fingerprint density at radius 3 is 1.73 bits per heavy atom. The molecule has 304 valence electrons. The van der Waals surface area contributed by atoms with Gasteiger partial charge in [-0.2, -0.15) is 0 Å². The first-order chi connectivity index (χ1) is 30.2. The maximum atomic E-state index is 6.74. The summed E-state index contributed by atoms with van der Waals surface area (Å²) in [6.45, 7) is 13.5. The lowest BCUT2D eigenvalue weighted by molar-refractivity contribution is 0.662. The number of aryl methyl sites for hydroxylation is 2. The number of para-hydroxylation sites is 4. The fraction of sp³-hybridized carbons (Fsp3) is 0.172. The highest BCUT2D eigenvalue weighted by atomic mass is 16.3. The van der Waals surface area contributed by atoms with Crippen molar-refractivity contribution in [2.75, 3.05) is 9.80 Å². The summed E-state index contributed by atoms with van der Waals surface area (Å²) >= 11 is 0. The first kappa shape index (κ1) is 37.9. The summed E-state index contributed by atoms with van der Waals surface area (Å²) in [5.41, 5.74) is 17.2. The monoisotopic (exact) mass is 806 g/mol. The number of hydrogen-bond donors (Lipinski definition) is 0. The van der Waals surface area contributed by atoms with E-state index < -0.39 is 0 Å². The van der Waals surface area contributed by atoms with E-state index in [4.69, 9.17) is 8.83 Å². The number of fused-ring (bicyclic) bond motifs is 9. The molecule has 1 unspecified atom stereocenters. The summed E-state index contributed by atoms with van der Waals surface area (Å²) in [7, 11) is 0. The average Bonchev–Trinajstić information content (AvgIpc) is 3.83. The second-order valence-electron chi connectivity index (χ2n) is 17.8. The van der Waals surface area contributed by atoms with Crippen LogP contribution in [-0.2, 0) is 6.42 Å². The van der Waals surface area contributed by atoms with Gasteiger partial charge in [0.15, 0.2) is 0 Å². The predicted octanol–water partition coefficient (Wildman–Crippen LogP) is 16.7. The standard InChI is InChI=1S/C58H50N2O2/c1-35(2)45-17-9-13-21-51(45)59(49-19-11-7-15-37(49)5)43-25-23-39-31-47-55(33-41(39)29-43)61-53-27-28-54-58(57(47)53)48-32-40-24-26-44(30-42(40)34-56(48)62-54)60(50-20-12-8-16-38(50)6)52-22-14-10-18-46(52)36(3)4/h7-29,31-36,44H,30H2,1-6H3. The Hall–Kier alpha value is -7.04. The summed E-state index contributed by atoms with van der Waals surface area (Å²) < 4.78 is 13.5. The molecule has 4 nitrogen and oxygen atoms in total. The van der Waals surface area contributed by atoms with Gasteiger partial charge in [-0.05, 0) is 149 Å². The summed E-state index contributed by atoms with van der Waals surface area (Å²) in [4.78, 5) is 4.96. The second-order valence-corrected chi connectivity index (χ2v) is 17.8. The first-order valence-corrected chi connectivity index (χ1v) is 22.1. The normalized spacial score (nSPS) is 14.0. The zero-order valence-corrected chi connectivity index (χ0v) is 36.2. The van der Waals surface area contributed by atoms with Gasteiger partial charge in [-0.25, -0.2) is 0 Å². The largest absolute Gasteiger partial charge is 0.456 e. The minimum absolute atomic E-state index is 0.136. The molecule has 0 N–H and O–H groups in total. The molecule has 11 rings (SSSR count). The highest BCUT2D eigenvalue weighted by Gasteiger charge is 2.28. The third-order valence-corrected chi connectivity index (χ3v) is 13.1. The third-order valence-electron chi connectivity index (χ3n) is 13.1. The van der Waals surface area contributed by atoms with E-state index in [0.29, 0.717) is 11.8 Å². The van der Waals surface area contributed by atoms with Crippen molar-refractivity contribution in [2.45, 2.75) is 65.8 Å². The SMILES string of the molecule is Cc1ccccc1N(c1ccc2cc3c(cc2c1)oc1ccc2oc4cc5c(cc4c2c13)C=CC(N(c1ccccc1C)c1ccccc1C(C)C)C5)c1ccccc1C(C)C. The molecule has 1 aliphatic rings. The summed E-state index contributed by atoms with van der Waals surface area (Å²) in [6, 6.07) is 55.3. The van der Waals surface area contributed by atoms with Gasteiger partial charge in [-0.15, -0.1) is 0 Å². The van der Waals surface area contributed by atoms with Crippen LogP contribution in [0.4, 0.5) is 28.4 Å². The van der Waals surface area contributed by atoms with Crippen LogP contribution in [0.5, 0.6) is 0 Å². The predicted molar refractivity (Wildman–Crippen MR) is 262 cm³/mol. The quantitative estimate of drug-likeness (QED) is 0.153. The molecule has 0 aliphatic heterocycles. The van der Waals surface area contributed by atoms with E-state index in [1.54, 1.807) is 0 Å². The van der Waals surface area contributed by atoms with Gasteiger partial charge >= 0.3 is 0 Å². The van der Waals surface area contributed by atoms with Crippen LogP contribution in [0.15, 0.2) is 167 Å². The van der Waals surface area contributed by atoms with E-state index in [1.165, 1.54) is 61.5 Å². The Kier molecular flexibility index (Phi) is 9.08.